The zero-order chi connectivity index (χ0) is 16.1. The number of hydrogen-bond donors (Lipinski definition) is 4. The van der Waals surface area contributed by atoms with Crippen LogP contribution in [-0.2, 0) is 4.57 Å². The monoisotopic (exact) mass is 351 g/mol. The van der Waals surface area contributed by atoms with E-state index in [9.17, 15) is 19.4 Å². The maximum absolute atomic E-state index is 11.7. The molecule has 0 radical (unpaired) electrons. The van der Waals surface area contributed by atoms with Crippen LogP contribution in [0.2, 0.25) is 0 Å². The van der Waals surface area contributed by atoms with Crippen molar-refractivity contribution in [1.82, 2.24) is 19.5 Å². The van der Waals surface area contributed by atoms with Gasteiger partial charge in [0.05, 0.1) is 11.9 Å². The summed E-state index contributed by atoms with van der Waals surface area (Å²) < 4.78 is 12.6. The van der Waals surface area contributed by atoms with Gasteiger partial charge in [0, 0.05) is 12.2 Å². The van der Waals surface area contributed by atoms with E-state index in [0.717, 1.165) is 0 Å². The smallest absolute Gasteiger partial charge is 0.779 e. The first-order chi connectivity index (χ1) is 10.2. The van der Waals surface area contributed by atoms with Crippen molar-refractivity contribution in [2.75, 3.05) is 11.9 Å². The maximum Gasteiger partial charge on any atom is 1.00 e. The largest absolute Gasteiger partial charge is 1.00 e. The number of rotatable bonds is 3. The van der Waals surface area contributed by atoms with E-state index in [2.05, 4.69) is 15.0 Å². The number of hydrogen-bond acceptors (Lipinski definition) is 7. The second-order valence-electron chi connectivity index (χ2n) is 5.69. The number of imidazole rings is 1. The molecular weight excluding hydrogens is 336 g/mol. The van der Waals surface area contributed by atoms with Gasteiger partial charge in [-0.15, -0.1) is 0 Å². The van der Waals surface area contributed by atoms with Gasteiger partial charge in [-0.2, -0.15) is 4.98 Å². The molecule has 0 spiro atoms. The standard InChI is InChI=1S/C11H16N5O5P.Na/c12-10-14-8-7(9(17)15-10)13-5-16(8)6-1-2-11(18,3-6)4-22(19,20)21;/h5-6,18H,1-4H2,(H2,19,20,21)(H3,12,14,15,17);/q;+1/p-1/t6-,11+;/m1./s1. The first kappa shape index (κ1) is 18.6. The number of nitrogens with one attached hydrogen (secondary N) is 1. The Labute approximate surface area is 152 Å². The van der Waals surface area contributed by atoms with Crippen molar-refractivity contribution in [1.29, 1.82) is 0 Å². The van der Waals surface area contributed by atoms with Crippen LogP contribution in [0.3, 0.4) is 0 Å². The quantitative estimate of drug-likeness (QED) is 0.318. The Morgan fingerprint density at radius 1 is 1.61 bits per heavy atom. The Morgan fingerprint density at radius 2 is 2.30 bits per heavy atom. The molecule has 120 valence electrons. The van der Waals surface area contributed by atoms with Gasteiger partial charge in [-0.25, -0.2) is 4.98 Å². The minimum atomic E-state index is -4.56. The summed E-state index contributed by atoms with van der Waals surface area (Å²) in [5.74, 6) is -0.0491. The summed E-state index contributed by atoms with van der Waals surface area (Å²) in [6, 6.07) is -0.282. The molecule has 0 saturated heterocycles. The van der Waals surface area contributed by atoms with E-state index in [4.69, 9.17) is 10.6 Å². The van der Waals surface area contributed by atoms with Crippen LogP contribution >= 0.6 is 7.60 Å². The molecule has 1 unspecified atom stereocenters. The molecule has 1 aliphatic rings. The van der Waals surface area contributed by atoms with Crippen molar-refractivity contribution >= 4 is 24.7 Å². The molecule has 23 heavy (non-hydrogen) atoms. The van der Waals surface area contributed by atoms with Crippen LogP contribution in [0.5, 0.6) is 0 Å². The number of fused-ring (bicyclic) bond motifs is 1. The van der Waals surface area contributed by atoms with Crippen LogP contribution in [0.15, 0.2) is 11.1 Å². The van der Waals surface area contributed by atoms with Gasteiger partial charge in [0.15, 0.2) is 11.2 Å². The maximum atomic E-state index is 11.7. The van der Waals surface area contributed by atoms with Gasteiger partial charge in [0.1, 0.15) is 7.60 Å². The molecular formula is C11H15N5NaO5P. The van der Waals surface area contributed by atoms with Crippen LogP contribution in [-0.4, -0.2) is 41.3 Å². The number of nitrogens with zero attached hydrogens (tertiary/aromatic N) is 3. The second kappa shape index (κ2) is 6.29. The number of nitrogen functional groups attached to an aromatic ring is 1. The van der Waals surface area contributed by atoms with Crippen LogP contribution in [0.1, 0.15) is 25.3 Å². The number of anilines is 1. The Bertz CT molecular complexity index is 832. The van der Waals surface area contributed by atoms with Crippen molar-refractivity contribution in [2.45, 2.75) is 30.9 Å². The van der Waals surface area contributed by atoms with Crippen LogP contribution < -0.4 is 45.7 Å². The summed E-state index contributed by atoms with van der Waals surface area (Å²) in [5, 5.41) is 10.3. The van der Waals surface area contributed by atoms with Crippen molar-refractivity contribution in [2.24, 2.45) is 0 Å². The third-order valence-electron chi connectivity index (χ3n) is 3.90. The molecule has 0 aliphatic heterocycles. The van der Waals surface area contributed by atoms with Gasteiger partial charge >= 0.3 is 29.6 Å². The Hall–Kier alpha value is -0.740. The second-order valence-corrected chi connectivity index (χ2v) is 7.28. The van der Waals surface area contributed by atoms with Gasteiger partial charge in [-0.05, 0) is 19.3 Å². The summed E-state index contributed by atoms with van der Waals surface area (Å²) in [4.78, 5) is 42.1. The average molecular weight is 351 g/mol. The van der Waals surface area contributed by atoms with Crippen molar-refractivity contribution in [3.8, 4) is 0 Å². The summed E-state index contributed by atoms with van der Waals surface area (Å²) >= 11 is 0. The molecule has 0 bridgehead atoms. The number of aliphatic hydroxyl groups is 1. The molecule has 3 atom stereocenters. The first-order valence-corrected chi connectivity index (χ1v) is 8.41. The molecule has 2 heterocycles. The SMILES string of the molecule is Nc1nc2c(ncn2[C@@H]2CC[C@@](O)(CP(=O)([O-])O)C2)c(=O)[nH]1.[Na+]. The zero-order valence-electron chi connectivity index (χ0n) is 12.5. The minimum absolute atomic E-state index is 0. The molecule has 1 aliphatic carbocycles. The van der Waals surface area contributed by atoms with Crippen LogP contribution in [0, 0.1) is 0 Å². The summed E-state index contributed by atoms with van der Waals surface area (Å²) in [6.45, 7) is 0. The molecule has 10 nitrogen and oxygen atoms in total. The van der Waals surface area contributed by atoms with Crippen molar-refractivity contribution in [3.63, 3.8) is 0 Å². The van der Waals surface area contributed by atoms with Gasteiger partial charge in [0.25, 0.3) is 5.56 Å². The topological polar surface area (TPSA) is 170 Å². The third kappa shape index (κ3) is 3.85. The van der Waals surface area contributed by atoms with Crippen LogP contribution in [0.25, 0.3) is 11.2 Å². The molecule has 0 amide bonds. The number of nitrogens with two attached hydrogens (primary N) is 1. The van der Waals surface area contributed by atoms with E-state index in [1.807, 2.05) is 0 Å². The minimum Gasteiger partial charge on any atom is -0.779 e. The molecule has 1 saturated carbocycles. The van der Waals surface area contributed by atoms with Gasteiger partial charge in [-0.1, -0.05) is 0 Å². The van der Waals surface area contributed by atoms with E-state index in [0.29, 0.717) is 6.42 Å². The number of H-pyrrole nitrogens is 1. The first-order valence-electron chi connectivity index (χ1n) is 6.64. The van der Waals surface area contributed by atoms with Gasteiger partial charge in [0.2, 0.25) is 5.95 Å². The molecule has 2 aromatic rings. The van der Waals surface area contributed by atoms with Gasteiger partial charge in [-0.3, -0.25) is 9.78 Å². The molecule has 1 fully saturated rings. The molecule has 3 rings (SSSR count). The summed E-state index contributed by atoms with van der Waals surface area (Å²) in [6.07, 6.45) is 1.51. The van der Waals surface area contributed by atoms with E-state index in [1.165, 1.54) is 6.33 Å². The molecule has 2 aromatic heterocycles. The van der Waals surface area contributed by atoms with E-state index in [-0.39, 0.29) is 65.6 Å². The van der Waals surface area contributed by atoms with E-state index >= 15 is 0 Å². The normalized spacial score (nSPS) is 26.8. The average Bonchev–Trinajstić information content (AvgIpc) is 2.90. The number of aromatic nitrogens is 4. The van der Waals surface area contributed by atoms with E-state index in [1.54, 1.807) is 4.57 Å². The van der Waals surface area contributed by atoms with Crippen molar-refractivity contribution < 1.29 is 49.0 Å². The third-order valence-corrected chi connectivity index (χ3v) is 4.88. The predicted molar refractivity (Wildman–Crippen MR) is 75.1 cm³/mol. The van der Waals surface area contributed by atoms with Crippen LogP contribution in [0.4, 0.5) is 5.95 Å². The summed E-state index contributed by atoms with van der Waals surface area (Å²) in [7, 11) is -4.56. The molecule has 12 heteroatoms. The van der Waals surface area contributed by atoms with E-state index < -0.39 is 24.9 Å². The molecule has 5 N–H and O–H groups in total. The fraction of sp³-hybridized carbons (Fsp3) is 0.545. The Balaban J connectivity index is 0.00000192. The Morgan fingerprint density at radius 3 is 2.96 bits per heavy atom. The number of aromatic amines is 1. The Kier molecular flexibility index (Phi) is 5.08. The predicted octanol–water partition coefficient (Wildman–Crippen LogP) is -4.29. The fourth-order valence-corrected chi connectivity index (χ4v) is 4.07. The molecule has 0 aromatic carbocycles. The zero-order valence-corrected chi connectivity index (χ0v) is 15.4. The van der Waals surface area contributed by atoms with Gasteiger partial charge < -0.3 is 29.8 Å². The summed E-state index contributed by atoms with van der Waals surface area (Å²) in [5.41, 5.74) is 3.96. The van der Waals surface area contributed by atoms with Crippen molar-refractivity contribution in [3.05, 3.63) is 16.7 Å². The fourth-order valence-electron chi connectivity index (χ4n) is 3.04.